The van der Waals surface area contributed by atoms with Gasteiger partial charge in [0.05, 0.1) is 10.7 Å². The summed E-state index contributed by atoms with van der Waals surface area (Å²) in [5.74, 6) is 0. The van der Waals surface area contributed by atoms with Crippen molar-refractivity contribution in [1.82, 2.24) is 9.97 Å². The Morgan fingerprint density at radius 3 is 1.79 bits per heavy atom. The van der Waals surface area contributed by atoms with Crippen molar-refractivity contribution in [2.75, 3.05) is 0 Å². The van der Waals surface area contributed by atoms with Gasteiger partial charge in [-0.1, -0.05) is 6.07 Å². The summed E-state index contributed by atoms with van der Waals surface area (Å²) in [5.41, 5.74) is 1.17. The lowest BCUT2D eigenvalue weighted by atomic mass is 10.4. The van der Waals surface area contributed by atoms with Crippen molar-refractivity contribution in [3.8, 4) is 0 Å². The van der Waals surface area contributed by atoms with Crippen molar-refractivity contribution in [2.24, 2.45) is 0 Å². The van der Waals surface area contributed by atoms with E-state index in [0.29, 0.717) is 0 Å². The molecule has 14 heavy (non-hydrogen) atoms. The van der Waals surface area contributed by atoms with Crippen LogP contribution in [0.25, 0.3) is 0 Å². The maximum Gasteiger partial charge on any atom is 0.0899 e. The number of hydrogen-bond donors (Lipinski definition) is 0. The van der Waals surface area contributed by atoms with Crippen LogP contribution in [0.2, 0.25) is 0 Å². The molecule has 0 aliphatic heterocycles. The number of rotatable bonds is 0. The highest BCUT2D eigenvalue weighted by Gasteiger charge is 1.95. The molecule has 2 aromatic heterocycles. The number of nitrogens with zero attached hydrogens (tertiary/aromatic N) is 2. The Kier molecular flexibility index (Phi) is 4.26. The first-order valence-corrected chi connectivity index (χ1v) is 5.27. The Balaban J connectivity index is 0.000000146. The molecule has 74 valence electrons. The van der Waals surface area contributed by atoms with Crippen LogP contribution in [0.15, 0.2) is 30.6 Å². The summed E-state index contributed by atoms with van der Waals surface area (Å²) in [6, 6.07) is 5.72. The van der Waals surface area contributed by atoms with Crippen LogP contribution in [0.5, 0.6) is 0 Å². The molecule has 0 unspecified atom stereocenters. The maximum atomic E-state index is 4.23. The Bertz CT molecular complexity index is 322. The van der Waals surface area contributed by atoms with Gasteiger partial charge in [0.25, 0.3) is 0 Å². The highest BCUT2D eigenvalue weighted by molar-refractivity contribution is 7.11. The largest absolute Gasteiger partial charge is 0.265 e. The lowest BCUT2D eigenvalue weighted by Gasteiger charge is -1.77. The maximum absolute atomic E-state index is 4.23. The normalized spacial score (nSPS) is 9.07. The first kappa shape index (κ1) is 10.9. The van der Waals surface area contributed by atoms with Gasteiger partial charge in [0.2, 0.25) is 0 Å². The molecule has 0 atom stereocenters. The van der Waals surface area contributed by atoms with E-state index in [-0.39, 0.29) is 0 Å². The number of aryl methyl sites for hydroxylation is 3. The Morgan fingerprint density at radius 1 is 1.00 bits per heavy atom. The third kappa shape index (κ3) is 3.66. The lowest BCUT2D eigenvalue weighted by Crippen LogP contribution is -1.71. The van der Waals surface area contributed by atoms with E-state index >= 15 is 0 Å². The number of pyridine rings is 1. The molecule has 0 saturated heterocycles. The number of aromatic nitrogens is 2. The van der Waals surface area contributed by atoms with E-state index in [1.54, 1.807) is 23.7 Å². The quantitative estimate of drug-likeness (QED) is 0.661. The van der Waals surface area contributed by atoms with Gasteiger partial charge in [-0.05, 0) is 32.9 Å². The summed E-state index contributed by atoms with van der Waals surface area (Å²) in [5, 5.41) is 1.17. The molecule has 2 rings (SSSR count). The first-order valence-electron chi connectivity index (χ1n) is 4.46. The average Bonchev–Trinajstić information content (AvgIpc) is 2.48. The minimum atomic E-state index is 1.17. The van der Waals surface area contributed by atoms with Crippen LogP contribution in [0.3, 0.4) is 0 Å². The monoisotopic (exact) mass is 206 g/mol. The van der Waals surface area contributed by atoms with E-state index in [4.69, 9.17) is 0 Å². The second-order valence-electron chi connectivity index (χ2n) is 2.90. The summed E-state index contributed by atoms with van der Waals surface area (Å²) in [7, 11) is 0. The summed E-state index contributed by atoms with van der Waals surface area (Å²) in [6.45, 7) is 6.17. The highest BCUT2D eigenvalue weighted by atomic mass is 32.1. The molecule has 0 amide bonds. The topological polar surface area (TPSA) is 25.8 Å². The summed E-state index contributed by atoms with van der Waals surface area (Å²) in [6.07, 6.45) is 3.50. The summed E-state index contributed by atoms with van der Waals surface area (Å²) in [4.78, 5) is 9.35. The second kappa shape index (κ2) is 5.50. The Hall–Kier alpha value is -1.22. The molecule has 2 aromatic rings. The van der Waals surface area contributed by atoms with Crippen molar-refractivity contribution in [3.05, 3.63) is 46.2 Å². The summed E-state index contributed by atoms with van der Waals surface area (Å²) >= 11 is 1.76. The molecule has 0 aliphatic carbocycles. The van der Waals surface area contributed by atoms with Gasteiger partial charge in [-0.15, -0.1) is 11.3 Å². The van der Waals surface area contributed by atoms with E-state index in [1.807, 2.05) is 32.0 Å². The zero-order valence-corrected chi connectivity index (χ0v) is 9.51. The molecular formula is C11H14N2S. The van der Waals surface area contributed by atoms with Crippen LogP contribution in [0.1, 0.15) is 15.6 Å². The van der Waals surface area contributed by atoms with Crippen LogP contribution in [0.4, 0.5) is 0 Å². The Morgan fingerprint density at radius 2 is 1.64 bits per heavy atom. The second-order valence-corrected chi connectivity index (χ2v) is 4.31. The molecule has 2 heterocycles. The van der Waals surface area contributed by atoms with Crippen LogP contribution in [-0.4, -0.2) is 9.97 Å². The van der Waals surface area contributed by atoms with Crippen LogP contribution in [-0.2, 0) is 0 Å². The van der Waals surface area contributed by atoms with Crippen LogP contribution >= 0.6 is 11.3 Å². The fraction of sp³-hybridized carbons (Fsp3) is 0.273. The van der Waals surface area contributed by atoms with Gasteiger partial charge in [0.1, 0.15) is 0 Å². The van der Waals surface area contributed by atoms with E-state index in [1.165, 1.54) is 15.6 Å². The van der Waals surface area contributed by atoms with Crippen molar-refractivity contribution < 1.29 is 0 Å². The van der Waals surface area contributed by atoms with Gasteiger partial charge in [0.15, 0.2) is 0 Å². The van der Waals surface area contributed by atoms with Gasteiger partial charge in [-0.3, -0.25) is 4.98 Å². The SMILES string of the molecule is Cc1nc(C)c(C)s1.c1ccncc1. The smallest absolute Gasteiger partial charge is 0.0899 e. The zero-order valence-electron chi connectivity index (χ0n) is 8.69. The molecular weight excluding hydrogens is 192 g/mol. The molecule has 0 bridgehead atoms. The molecule has 0 spiro atoms. The van der Waals surface area contributed by atoms with Gasteiger partial charge in [-0.2, -0.15) is 0 Å². The van der Waals surface area contributed by atoms with Crippen molar-refractivity contribution in [2.45, 2.75) is 20.8 Å². The van der Waals surface area contributed by atoms with E-state index in [0.717, 1.165) is 0 Å². The first-order chi connectivity index (χ1) is 6.70. The third-order valence-corrected chi connectivity index (χ3v) is 2.69. The number of hydrogen-bond acceptors (Lipinski definition) is 3. The molecule has 0 aliphatic rings. The zero-order chi connectivity index (χ0) is 10.4. The predicted octanol–water partition coefficient (Wildman–Crippen LogP) is 3.15. The molecule has 0 saturated carbocycles. The lowest BCUT2D eigenvalue weighted by molar-refractivity contribution is 1.18. The van der Waals surface area contributed by atoms with Crippen molar-refractivity contribution >= 4 is 11.3 Å². The van der Waals surface area contributed by atoms with Gasteiger partial charge >= 0.3 is 0 Å². The van der Waals surface area contributed by atoms with E-state index in [2.05, 4.69) is 16.9 Å². The van der Waals surface area contributed by atoms with Crippen LogP contribution in [0, 0.1) is 20.8 Å². The fourth-order valence-electron chi connectivity index (χ4n) is 0.946. The summed E-state index contributed by atoms with van der Waals surface area (Å²) < 4.78 is 0. The van der Waals surface area contributed by atoms with E-state index < -0.39 is 0 Å². The van der Waals surface area contributed by atoms with Gasteiger partial charge < -0.3 is 0 Å². The minimum Gasteiger partial charge on any atom is -0.265 e. The predicted molar refractivity (Wildman–Crippen MR) is 60.6 cm³/mol. The third-order valence-electron chi connectivity index (χ3n) is 1.70. The van der Waals surface area contributed by atoms with Crippen LogP contribution < -0.4 is 0 Å². The van der Waals surface area contributed by atoms with Gasteiger partial charge in [-0.25, -0.2) is 4.98 Å². The number of thiazole rings is 1. The minimum absolute atomic E-state index is 1.17. The molecule has 0 fully saturated rings. The molecule has 0 aromatic carbocycles. The Labute approximate surface area is 88.7 Å². The highest BCUT2D eigenvalue weighted by Crippen LogP contribution is 2.14. The molecule has 2 nitrogen and oxygen atoms in total. The van der Waals surface area contributed by atoms with E-state index in [9.17, 15) is 0 Å². The molecule has 0 N–H and O–H groups in total. The van der Waals surface area contributed by atoms with Crippen molar-refractivity contribution in [1.29, 1.82) is 0 Å². The standard InChI is InChI=1S/C6H9NS.C5H5N/c1-4-5(2)8-6(3)7-4;1-2-4-6-5-3-1/h1-3H3;1-5H. The molecule has 3 heteroatoms. The fourth-order valence-corrected chi connectivity index (χ4v) is 1.76. The van der Waals surface area contributed by atoms with Crippen molar-refractivity contribution in [3.63, 3.8) is 0 Å². The average molecular weight is 206 g/mol. The van der Waals surface area contributed by atoms with Gasteiger partial charge in [0, 0.05) is 17.3 Å². The molecule has 0 radical (unpaired) electrons.